The number of hydrogen-bond donors (Lipinski definition) is 2. The molecule has 0 fully saturated rings. The Morgan fingerprint density at radius 2 is 1.77 bits per heavy atom. The minimum Gasteiger partial charge on any atom is -0.374 e. The molecule has 2 aromatic carbocycles. The van der Waals surface area contributed by atoms with Crippen LogP contribution < -0.4 is 15.5 Å². The number of hydrogen-bond acceptors (Lipinski definition) is 3. The van der Waals surface area contributed by atoms with Crippen molar-refractivity contribution < 1.29 is 27.2 Å². The van der Waals surface area contributed by atoms with Gasteiger partial charge < -0.3 is 15.5 Å². The molecule has 0 saturated heterocycles. The Bertz CT molecular complexity index is 929. The molecular formula is C21H23F4N3O2. The van der Waals surface area contributed by atoms with Gasteiger partial charge in [0.05, 0.1) is 16.8 Å². The Labute approximate surface area is 172 Å². The van der Waals surface area contributed by atoms with Crippen molar-refractivity contribution >= 4 is 28.9 Å². The summed E-state index contributed by atoms with van der Waals surface area (Å²) in [4.78, 5) is 25.7. The summed E-state index contributed by atoms with van der Waals surface area (Å²) in [5, 5.41) is 4.76. The quantitative estimate of drug-likeness (QED) is 0.593. The maximum Gasteiger partial charge on any atom is 0.416 e. The van der Waals surface area contributed by atoms with Crippen LogP contribution in [0.25, 0.3) is 0 Å². The van der Waals surface area contributed by atoms with Gasteiger partial charge in [-0.2, -0.15) is 13.2 Å². The van der Waals surface area contributed by atoms with Crippen LogP contribution in [0.4, 0.5) is 34.6 Å². The second-order valence-electron chi connectivity index (χ2n) is 6.83. The zero-order valence-corrected chi connectivity index (χ0v) is 16.9. The van der Waals surface area contributed by atoms with Crippen LogP contribution in [0.5, 0.6) is 0 Å². The summed E-state index contributed by atoms with van der Waals surface area (Å²) >= 11 is 0. The predicted octanol–water partition coefficient (Wildman–Crippen LogP) is 5.29. The molecule has 0 bridgehead atoms. The first-order chi connectivity index (χ1) is 14.0. The van der Waals surface area contributed by atoms with Gasteiger partial charge in [0, 0.05) is 31.9 Å². The van der Waals surface area contributed by atoms with Crippen molar-refractivity contribution in [2.45, 2.75) is 32.9 Å². The second-order valence-corrected chi connectivity index (χ2v) is 6.83. The van der Waals surface area contributed by atoms with Crippen LogP contribution in [0.3, 0.4) is 0 Å². The fourth-order valence-corrected chi connectivity index (χ4v) is 2.83. The van der Waals surface area contributed by atoms with Gasteiger partial charge >= 0.3 is 6.18 Å². The molecule has 2 N–H and O–H groups in total. The van der Waals surface area contributed by atoms with Crippen molar-refractivity contribution in [3.8, 4) is 0 Å². The topological polar surface area (TPSA) is 61.4 Å². The molecule has 0 heterocycles. The van der Waals surface area contributed by atoms with E-state index < -0.39 is 29.4 Å². The zero-order chi connectivity index (χ0) is 22.5. The first kappa shape index (κ1) is 23.2. The molecular weight excluding hydrogens is 402 g/mol. The number of benzene rings is 2. The number of anilines is 3. The minimum atomic E-state index is -4.63. The average molecular weight is 425 g/mol. The molecule has 30 heavy (non-hydrogen) atoms. The molecule has 0 aromatic heterocycles. The highest BCUT2D eigenvalue weighted by molar-refractivity contribution is 6.08. The lowest BCUT2D eigenvalue weighted by atomic mass is 10.1. The third kappa shape index (κ3) is 5.95. The number of alkyl halides is 3. The number of rotatable bonds is 7. The van der Waals surface area contributed by atoms with Gasteiger partial charge in [-0.1, -0.05) is 13.3 Å². The molecule has 9 heteroatoms. The normalized spacial score (nSPS) is 11.2. The van der Waals surface area contributed by atoms with E-state index in [2.05, 4.69) is 10.6 Å². The van der Waals surface area contributed by atoms with Gasteiger partial charge in [-0.15, -0.1) is 0 Å². The molecule has 0 atom stereocenters. The fourth-order valence-electron chi connectivity index (χ4n) is 2.83. The molecule has 0 unspecified atom stereocenters. The van der Waals surface area contributed by atoms with Crippen molar-refractivity contribution in [2.75, 3.05) is 29.1 Å². The molecule has 0 aliphatic heterocycles. The number of carbonyl (C=O) groups is 2. The molecule has 0 radical (unpaired) electrons. The van der Waals surface area contributed by atoms with Gasteiger partial charge in [0.2, 0.25) is 5.91 Å². The van der Waals surface area contributed by atoms with Crippen LogP contribution in [-0.4, -0.2) is 25.4 Å². The van der Waals surface area contributed by atoms with Crippen LogP contribution in [0.15, 0.2) is 36.4 Å². The summed E-state index contributed by atoms with van der Waals surface area (Å²) in [6, 6.07) is 6.44. The maximum atomic E-state index is 14.2. The number of amides is 2. The molecule has 0 saturated carbocycles. The predicted molar refractivity (Wildman–Crippen MR) is 108 cm³/mol. The third-order valence-electron chi connectivity index (χ3n) is 4.36. The summed E-state index contributed by atoms with van der Waals surface area (Å²) in [6.07, 6.45) is -2.98. The lowest BCUT2D eigenvalue weighted by molar-refractivity contribution is -0.137. The average Bonchev–Trinajstić information content (AvgIpc) is 2.67. The summed E-state index contributed by atoms with van der Waals surface area (Å²) in [5.41, 5.74) is -0.928. The van der Waals surface area contributed by atoms with E-state index >= 15 is 0 Å². The minimum absolute atomic E-state index is 0.229. The smallest absolute Gasteiger partial charge is 0.374 e. The number of unbranched alkanes of at least 4 members (excludes halogenated alkanes) is 1. The van der Waals surface area contributed by atoms with Gasteiger partial charge in [-0.05, 0) is 42.8 Å². The number of nitrogens with one attached hydrogen (secondary N) is 2. The van der Waals surface area contributed by atoms with E-state index in [1.54, 1.807) is 11.9 Å². The Kier molecular flexibility index (Phi) is 7.42. The van der Waals surface area contributed by atoms with Crippen molar-refractivity contribution in [1.82, 2.24) is 0 Å². The van der Waals surface area contributed by atoms with Crippen molar-refractivity contribution in [3.63, 3.8) is 0 Å². The van der Waals surface area contributed by atoms with Crippen molar-refractivity contribution in [2.24, 2.45) is 0 Å². The summed E-state index contributed by atoms with van der Waals surface area (Å²) < 4.78 is 53.7. The van der Waals surface area contributed by atoms with Gasteiger partial charge in [-0.25, -0.2) is 4.39 Å². The Balaban J connectivity index is 2.42. The van der Waals surface area contributed by atoms with Crippen LogP contribution >= 0.6 is 0 Å². The molecule has 0 aliphatic carbocycles. The van der Waals surface area contributed by atoms with E-state index in [1.807, 2.05) is 6.92 Å². The third-order valence-corrected chi connectivity index (χ3v) is 4.36. The fraction of sp³-hybridized carbons (Fsp3) is 0.333. The standard InChI is InChI=1S/C21H23F4N3O2/c1-4-5-10-28(3)19-9-6-14(21(23,24)25)11-16(19)20(30)27-18-12-15(26-13(2)29)7-8-17(18)22/h6-9,11-12H,4-5,10H2,1-3H3,(H,26,29)(H,27,30). The van der Waals surface area contributed by atoms with E-state index in [-0.39, 0.29) is 16.9 Å². The lowest BCUT2D eigenvalue weighted by Crippen LogP contribution is -2.24. The molecule has 2 rings (SSSR count). The SMILES string of the molecule is CCCCN(C)c1ccc(C(F)(F)F)cc1C(=O)Nc1cc(NC(C)=O)ccc1F. The molecule has 5 nitrogen and oxygen atoms in total. The molecule has 2 amide bonds. The van der Waals surface area contributed by atoms with Crippen molar-refractivity contribution in [1.29, 1.82) is 0 Å². The van der Waals surface area contributed by atoms with Gasteiger partial charge in [0.1, 0.15) is 5.82 Å². The second kappa shape index (κ2) is 9.60. The van der Waals surface area contributed by atoms with Crippen molar-refractivity contribution in [3.05, 3.63) is 53.3 Å². The molecule has 0 aliphatic rings. The lowest BCUT2D eigenvalue weighted by Gasteiger charge is -2.23. The van der Waals surface area contributed by atoms with Gasteiger partial charge in [0.25, 0.3) is 5.91 Å². The highest BCUT2D eigenvalue weighted by Crippen LogP contribution is 2.33. The maximum absolute atomic E-state index is 14.2. The van der Waals surface area contributed by atoms with Crippen LogP contribution in [0, 0.1) is 5.82 Å². The summed E-state index contributed by atoms with van der Waals surface area (Å²) in [6.45, 7) is 3.77. The van der Waals surface area contributed by atoms with Gasteiger partial charge in [0.15, 0.2) is 0 Å². The van der Waals surface area contributed by atoms with Crippen LogP contribution in [0.1, 0.15) is 42.6 Å². The van der Waals surface area contributed by atoms with Crippen LogP contribution in [-0.2, 0) is 11.0 Å². The van der Waals surface area contributed by atoms with Crippen LogP contribution in [0.2, 0.25) is 0 Å². The Morgan fingerprint density at radius 3 is 2.37 bits per heavy atom. The van der Waals surface area contributed by atoms with E-state index in [0.717, 1.165) is 31.0 Å². The molecule has 2 aromatic rings. The Hall–Kier alpha value is -3.10. The first-order valence-electron chi connectivity index (χ1n) is 9.33. The largest absolute Gasteiger partial charge is 0.416 e. The van der Waals surface area contributed by atoms with E-state index in [1.165, 1.54) is 25.1 Å². The highest BCUT2D eigenvalue weighted by atomic mass is 19.4. The molecule has 0 spiro atoms. The molecule has 162 valence electrons. The Morgan fingerprint density at radius 1 is 1.07 bits per heavy atom. The number of nitrogens with zero attached hydrogens (tertiary/aromatic N) is 1. The summed E-state index contributed by atoms with van der Waals surface area (Å²) in [7, 11) is 1.67. The van der Waals surface area contributed by atoms with E-state index in [0.29, 0.717) is 12.2 Å². The first-order valence-corrected chi connectivity index (χ1v) is 9.33. The number of halogens is 4. The monoisotopic (exact) mass is 425 g/mol. The van der Waals surface area contributed by atoms with Gasteiger partial charge in [-0.3, -0.25) is 9.59 Å². The number of carbonyl (C=O) groups excluding carboxylic acids is 2. The van der Waals surface area contributed by atoms with E-state index in [9.17, 15) is 27.2 Å². The highest BCUT2D eigenvalue weighted by Gasteiger charge is 2.32. The van der Waals surface area contributed by atoms with E-state index in [4.69, 9.17) is 0 Å². The summed E-state index contributed by atoms with van der Waals surface area (Å²) in [5.74, 6) is -2.07. The zero-order valence-electron chi connectivity index (χ0n) is 16.9.